The summed E-state index contributed by atoms with van der Waals surface area (Å²) >= 11 is 3.41. The van der Waals surface area contributed by atoms with E-state index in [1.807, 2.05) is 18.2 Å². The van der Waals surface area contributed by atoms with Crippen molar-refractivity contribution in [2.45, 2.75) is 37.4 Å². The maximum atomic E-state index is 6.10. The molecule has 2 heterocycles. The Kier molecular flexibility index (Phi) is 4.19. The maximum absolute atomic E-state index is 6.10. The summed E-state index contributed by atoms with van der Waals surface area (Å²) in [5.41, 5.74) is 6.63. The second kappa shape index (κ2) is 5.92. The monoisotopic (exact) mass is 341 g/mol. The first-order valence-electron chi connectivity index (χ1n) is 7.10. The molecule has 0 aromatic heterocycles. The predicted molar refractivity (Wildman–Crippen MR) is 80.9 cm³/mol. The molecule has 1 unspecified atom stereocenters. The molecule has 1 aromatic carbocycles. The highest BCUT2D eigenvalue weighted by atomic mass is 79.9. The molecule has 2 aliphatic heterocycles. The van der Waals surface area contributed by atoms with Crippen molar-refractivity contribution >= 4 is 21.6 Å². The van der Waals surface area contributed by atoms with Crippen LogP contribution in [0.4, 0.5) is 5.69 Å². The van der Waals surface area contributed by atoms with E-state index in [4.69, 9.17) is 19.9 Å². The smallest absolute Gasteiger partial charge is 0.142 e. The predicted octanol–water partition coefficient (Wildman–Crippen LogP) is 3.14. The Morgan fingerprint density at radius 1 is 1.25 bits per heavy atom. The summed E-state index contributed by atoms with van der Waals surface area (Å²) in [4.78, 5) is 0. The zero-order chi connectivity index (χ0) is 14.0. The number of ether oxygens (including phenoxy) is 3. The van der Waals surface area contributed by atoms with E-state index in [1.54, 1.807) is 0 Å². The molecule has 0 saturated carbocycles. The quantitative estimate of drug-likeness (QED) is 0.839. The van der Waals surface area contributed by atoms with E-state index in [2.05, 4.69) is 15.9 Å². The molecule has 1 aromatic rings. The van der Waals surface area contributed by atoms with E-state index in [0.717, 1.165) is 55.7 Å². The molecule has 0 aliphatic carbocycles. The van der Waals surface area contributed by atoms with E-state index in [9.17, 15) is 0 Å². The van der Waals surface area contributed by atoms with Gasteiger partial charge < -0.3 is 19.9 Å². The fourth-order valence-corrected chi connectivity index (χ4v) is 3.36. The minimum absolute atomic E-state index is 0.0503. The first-order chi connectivity index (χ1) is 9.67. The summed E-state index contributed by atoms with van der Waals surface area (Å²) < 4.78 is 18.5. The minimum atomic E-state index is -0.0503. The highest BCUT2D eigenvalue weighted by Gasteiger charge is 2.39. The van der Waals surface area contributed by atoms with Gasteiger partial charge in [0.1, 0.15) is 11.9 Å². The Morgan fingerprint density at radius 3 is 2.80 bits per heavy atom. The summed E-state index contributed by atoms with van der Waals surface area (Å²) in [6.07, 6.45) is 3.93. The summed E-state index contributed by atoms with van der Waals surface area (Å²) in [6.45, 7) is 2.32. The summed E-state index contributed by atoms with van der Waals surface area (Å²) in [5.74, 6) is 0.766. The third-order valence-corrected chi connectivity index (χ3v) is 4.61. The lowest BCUT2D eigenvalue weighted by molar-refractivity contribution is -0.155. The maximum Gasteiger partial charge on any atom is 0.142 e. The van der Waals surface area contributed by atoms with E-state index >= 15 is 0 Å². The van der Waals surface area contributed by atoms with Gasteiger partial charge in [-0.3, -0.25) is 0 Å². The van der Waals surface area contributed by atoms with Gasteiger partial charge in [0.2, 0.25) is 0 Å². The molecule has 0 radical (unpaired) electrons. The van der Waals surface area contributed by atoms with Crippen molar-refractivity contribution in [2.75, 3.05) is 25.6 Å². The van der Waals surface area contributed by atoms with Crippen LogP contribution in [0.25, 0.3) is 0 Å². The first kappa shape index (κ1) is 14.2. The Balaban J connectivity index is 1.68. The summed E-state index contributed by atoms with van der Waals surface area (Å²) in [6, 6.07) is 5.75. The molecule has 110 valence electrons. The van der Waals surface area contributed by atoms with E-state index < -0.39 is 0 Å². The summed E-state index contributed by atoms with van der Waals surface area (Å²) in [7, 11) is 0. The van der Waals surface area contributed by atoms with Gasteiger partial charge in [0, 0.05) is 30.5 Å². The van der Waals surface area contributed by atoms with Gasteiger partial charge in [0.05, 0.1) is 17.9 Å². The van der Waals surface area contributed by atoms with E-state index in [0.29, 0.717) is 5.69 Å². The fraction of sp³-hybridized carbons (Fsp3) is 0.600. The lowest BCUT2D eigenvalue weighted by Crippen LogP contribution is -2.47. The molecule has 0 bridgehead atoms. The van der Waals surface area contributed by atoms with Gasteiger partial charge in [-0.1, -0.05) is 15.9 Å². The number of benzene rings is 1. The van der Waals surface area contributed by atoms with Gasteiger partial charge in [-0.25, -0.2) is 0 Å². The molecule has 20 heavy (non-hydrogen) atoms. The molecular formula is C15H20BrNO3. The van der Waals surface area contributed by atoms with Gasteiger partial charge >= 0.3 is 0 Å². The van der Waals surface area contributed by atoms with Crippen LogP contribution >= 0.6 is 15.9 Å². The molecule has 2 aliphatic rings. The Bertz CT molecular complexity index is 469. The second-order valence-corrected chi connectivity index (χ2v) is 6.47. The third-order valence-electron chi connectivity index (χ3n) is 4.12. The summed E-state index contributed by atoms with van der Waals surface area (Å²) in [5, 5.41) is 0. The molecule has 3 rings (SSSR count). The normalized spacial score (nSPS) is 25.6. The largest absolute Gasteiger partial charge is 0.488 e. The molecule has 5 heteroatoms. The first-order valence-corrected chi connectivity index (χ1v) is 7.90. The van der Waals surface area contributed by atoms with Gasteiger partial charge in [-0.05, 0) is 31.0 Å². The third kappa shape index (κ3) is 3.10. The molecule has 2 N–H and O–H groups in total. The van der Waals surface area contributed by atoms with Gasteiger partial charge in [0.25, 0.3) is 0 Å². The Hall–Kier alpha value is -0.780. The van der Waals surface area contributed by atoms with Gasteiger partial charge in [0.15, 0.2) is 0 Å². The average Bonchev–Trinajstić information content (AvgIpc) is 2.43. The van der Waals surface area contributed by atoms with Crippen molar-refractivity contribution in [3.63, 3.8) is 0 Å². The Morgan fingerprint density at radius 2 is 2.05 bits per heavy atom. The minimum Gasteiger partial charge on any atom is -0.488 e. The lowest BCUT2D eigenvalue weighted by atomic mass is 9.85. The molecule has 2 saturated heterocycles. The number of anilines is 1. The molecule has 1 spiro atoms. The van der Waals surface area contributed by atoms with Gasteiger partial charge in [-0.2, -0.15) is 0 Å². The number of hydrogen-bond acceptors (Lipinski definition) is 4. The SMILES string of the molecule is Nc1cc(Br)ccc1OC1CCOC2(CCOCC2)C1. The van der Waals surface area contributed by atoms with Crippen molar-refractivity contribution in [2.24, 2.45) is 0 Å². The van der Waals surface area contributed by atoms with Crippen molar-refractivity contribution in [3.8, 4) is 5.75 Å². The van der Waals surface area contributed by atoms with E-state index in [1.165, 1.54) is 0 Å². The molecule has 4 nitrogen and oxygen atoms in total. The second-order valence-electron chi connectivity index (χ2n) is 5.56. The number of rotatable bonds is 2. The topological polar surface area (TPSA) is 53.7 Å². The molecule has 1 atom stereocenters. The lowest BCUT2D eigenvalue weighted by Gasteiger charge is -2.43. The molecule has 2 fully saturated rings. The number of halogens is 1. The van der Waals surface area contributed by atoms with Crippen LogP contribution in [0.15, 0.2) is 22.7 Å². The van der Waals surface area contributed by atoms with Crippen LogP contribution in [-0.4, -0.2) is 31.5 Å². The van der Waals surface area contributed by atoms with Crippen molar-refractivity contribution in [3.05, 3.63) is 22.7 Å². The van der Waals surface area contributed by atoms with Crippen LogP contribution in [0.3, 0.4) is 0 Å². The van der Waals surface area contributed by atoms with Crippen molar-refractivity contribution in [1.82, 2.24) is 0 Å². The average molecular weight is 342 g/mol. The van der Waals surface area contributed by atoms with Crippen LogP contribution < -0.4 is 10.5 Å². The van der Waals surface area contributed by atoms with Crippen LogP contribution in [0.2, 0.25) is 0 Å². The zero-order valence-electron chi connectivity index (χ0n) is 11.4. The highest BCUT2D eigenvalue weighted by molar-refractivity contribution is 9.10. The number of nitrogen functional groups attached to an aromatic ring is 1. The Labute approximate surface area is 127 Å². The number of nitrogens with two attached hydrogens (primary N) is 1. The number of hydrogen-bond donors (Lipinski definition) is 1. The van der Waals surface area contributed by atoms with Crippen molar-refractivity contribution < 1.29 is 14.2 Å². The van der Waals surface area contributed by atoms with E-state index in [-0.39, 0.29) is 11.7 Å². The molecular weight excluding hydrogens is 322 g/mol. The van der Waals surface area contributed by atoms with Crippen LogP contribution in [0.1, 0.15) is 25.7 Å². The van der Waals surface area contributed by atoms with Crippen LogP contribution in [0, 0.1) is 0 Å². The van der Waals surface area contributed by atoms with Gasteiger partial charge in [-0.15, -0.1) is 0 Å². The zero-order valence-corrected chi connectivity index (χ0v) is 13.0. The van der Waals surface area contributed by atoms with Crippen molar-refractivity contribution in [1.29, 1.82) is 0 Å². The van der Waals surface area contributed by atoms with Crippen LogP contribution in [-0.2, 0) is 9.47 Å². The standard InChI is InChI=1S/C15H20BrNO3/c16-11-1-2-14(13(17)9-11)20-12-3-6-19-15(10-12)4-7-18-8-5-15/h1-2,9,12H,3-8,10,17H2. The van der Waals surface area contributed by atoms with Crippen LogP contribution in [0.5, 0.6) is 5.75 Å². The fourth-order valence-electron chi connectivity index (χ4n) is 2.98. The highest BCUT2D eigenvalue weighted by Crippen LogP contribution is 2.36. The molecule has 0 amide bonds.